The molecule has 0 bridgehead atoms. The van der Waals surface area contributed by atoms with Crippen LogP contribution in [-0.2, 0) is 6.18 Å². The average Bonchev–Trinajstić information content (AvgIpc) is 2.87. The summed E-state index contributed by atoms with van der Waals surface area (Å²) in [5.41, 5.74) is 0.507. The van der Waals surface area contributed by atoms with E-state index in [4.69, 9.17) is 5.26 Å². The summed E-state index contributed by atoms with van der Waals surface area (Å²) < 4.78 is 51.1. The third-order valence-electron chi connectivity index (χ3n) is 8.22. The molecule has 2 aliphatic rings. The molecule has 1 nitrogen and oxygen atoms in total. The Kier molecular flexibility index (Phi) is 10.9. The van der Waals surface area contributed by atoms with E-state index >= 15 is 0 Å². The normalized spacial score (nSPS) is 26.1. The third kappa shape index (κ3) is 9.47. The van der Waals surface area contributed by atoms with Crippen LogP contribution >= 0.6 is 0 Å². The maximum absolute atomic E-state index is 12.8. The van der Waals surface area contributed by atoms with Gasteiger partial charge in [-0.15, -0.1) is 0 Å². The summed E-state index contributed by atoms with van der Waals surface area (Å²) in [7, 11) is 0. The van der Waals surface area contributed by atoms with Crippen LogP contribution in [0.5, 0.6) is 0 Å². The lowest BCUT2D eigenvalue weighted by Crippen LogP contribution is -2.15. The minimum Gasteiger partial charge on any atom is -0.195 e. The Morgan fingerprint density at radius 3 is 1.86 bits per heavy atom. The molecule has 2 fully saturated rings. The standard InChI is InChI=1S/C30H39F4N/c31-29(22-35)9-3-1-2-6-23-10-12-24(13-11-23)7-4-5-8-25-14-16-26(17-15-25)27-18-20-28(21-19-27)30(32,33)34/h1,3,9,18-21,23-26H,2,4-8,10-17H2/b3-1+,29-9-/t23-,24-,25-,26-. The Balaban J connectivity index is 1.23. The monoisotopic (exact) mass is 489 g/mol. The van der Waals surface area contributed by atoms with Gasteiger partial charge in [-0.25, -0.2) is 0 Å². The second-order valence-electron chi connectivity index (χ2n) is 10.6. The number of unbranched alkanes of at least 4 members (excludes halogenated alkanes) is 1. The smallest absolute Gasteiger partial charge is 0.195 e. The minimum absolute atomic E-state index is 0.411. The van der Waals surface area contributed by atoms with Crippen LogP contribution < -0.4 is 0 Å². The number of hydrogen-bond acceptors (Lipinski definition) is 1. The summed E-state index contributed by atoms with van der Waals surface area (Å²) in [4.78, 5) is 0. The third-order valence-corrected chi connectivity index (χ3v) is 8.22. The molecule has 2 saturated carbocycles. The van der Waals surface area contributed by atoms with Gasteiger partial charge in [-0.2, -0.15) is 22.8 Å². The van der Waals surface area contributed by atoms with Gasteiger partial charge in [0.05, 0.1) is 5.56 Å². The fourth-order valence-corrected chi connectivity index (χ4v) is 6.02. The molecule has 0 heterocycles. The lowest BCUT2D eigenvalue weighted by Gasteiger charge is -2.30. The van der Waals surface area contributed by atoms with E-state index in [1.54, 1.807) is 18.2 Å². The predicted molar refractivity (Wildman–Crippen MR) is 133 cm³/mol. The lowest BCUT2D eigenvalue weighted by molar-refractivity contribution is -0.137. The van der Waals surface area contributed by atoms with Crippen molar-refractivity contribution in [3.63, 3.8) is 0 Å². The highest BCUT2D eigenvalue weighted by Crippen LogP contribution is 2.39. The van der Waals surface area contributed by atoms with Crippen LogP contribution in [0.15, 0.2) is 48.3 Å². The zero-order chi connectivity index (χ0) is 25.1. The molecule has 1 aromatic rings. The SMILES string of the molecule is N#C/C(F)=C/C=C/CC[C@H]1CC[C@H](CCCC[C@H]2CC[C@H](c3ccc(C(F)(F)F)cc3)CC2)CC1. The zero-order valence-electron chi connectivity index (χ0n) is 20.7. The van der Waals surface area contributed by atoms with Crippen LogP contribution in [-0.4, -0.2) is 0 Å². The van der Waals surface area contributed by atoms with Gasteiger partial charge in [-0.1, -0.05) is 75.7 Å². The molecular formula is C30H39F4N. The molecular weight excluding hydrogens is 450 g/mol. The van der Waals surface area contributed by atoms with Crippen LogP contribution in [0.2, 0.25) is 0 Å². The molecule has 3 rings (SSSR count). The van der Waals surface area contributed by atoms with Crippen LogP contribution in [0.4, 0.5) is 17.6 Å². The topological polar surface area (TPSA) is 23.8 Å². The van der Waals surface area contributed by atoms with E-state index in [1.165, 1.54) is 88.5 Å². The van der Waals surface area contributed by atoms with Gasteiger partial charge in [0.15, 0.2) is 5.83 Å². The van der Waals surface area contributed by atoms with Crippen LogP contribution in [0.1, 0.15) is 107 Å². The van der Waals surface area contributed by atoms with Crippen molar-refractivity contribution in [2.75, 3.05) is 0 Å². The molecule has 0 unspecified atom stereocenters. The quantitative estimate of drug-likeness (QED) is 0.139. The molecule has 2 aliphatic carbocycles. The van der Waals surface area contributed by atoms with Gasteiger partial charge in [0.2, 0.25) is 0 Å². The fourth-order valence-electron chi connectivity index (χ4n) is 6.02. The molecule has 0 saturated heterocycles. The van der Waals surface area contributed by atoms with Crippen molar-refractivity contribution >= 4 is 0 Å². The van der Waals surface area contributed by atoms with E-state index in [0.717, 1.165) is 49.0 Å². The highest BCUT2D eigenvalue weighted by molar-refractivity contribution is 5.27. The van der Waals surface area contributed by atoms with Crippen molar-refractivity contribution in [1.29, 1.82) is 5.26 Å². The highest BCUT2D eigenvalue weighted by Gasteiger charge is 2.30. The number of nitriles is 1. The lowest BCUT2D eigenvalue weighted by atomic mass is 9.76. The van der Waals surface area contributed by atoms with Gasteiger partial charge < -0.3 is 0 Å². The van der Waals surface area contributed by atoms with Crippen molar-refractivity contribution in [1.82, 2.24) is 0 Å². The van der Waals surface area contributed by atoms with Crippen molar-refractivity contribution < 1.29 is 17.6 Å². The number of allylic oxidation sites excluding steroid dienone is 4. The number of hydrogen-bond donors (Lipinski definition) is 0. The average molecular weight is 490 g/mol. The highest BCUT2D eigenvalue weighted by atomic mass is 19.4. The van der Waals surface area contributed by atoms with Crippen LogP contribution in [0, 0.1) is 29.1 Å². The molecule has 0 radical (unpaired) electrons. The molecule has 5 heteroatoms. The summed E-state index contributed by atoms with van der Waals surface area (Å²) in [6.07, 6.45) is 17.8. The molecule has 0 aliphatic heterocycles. The summed E-state index contributed by atoms with van der Waals surface area (Å²) in [5.74, 6) is 2.09. The first-order chi connectivity index (χ1) is 16.8. The van der Waals surface area contributed by atoms with Crippen molar-refractivity contribution in [3.8, 4) is 6.07 Å². The van der Waals surface area contributed by atoms with E-state index in [-0.39, 0.29) is 0 Å². The molecule has 0 amide bonds. The fraction of sp³-hybridized carbons (Fsp3) is 0.633. The second-order valence-corrected chi connectivity index (χ2v) is 10.6. The number of nitrogens with zero attached hydrogens (tertiary/aromatic N) is 1. The van der Waals surface area contributed by atoms with Gasteiger partial charge in [-0.3, -0.25) is 0 Å². The Morgan fingerprint density at radius 2 is 1.34 bits per heavy atom. The van der Waals surface area contributed by atoms with Crippen molar-refractivity contribution in [3.05, 3.63) is 59.4 Å². The predicted octanol–water partition coefficient (Wildman–Crippen LogP) is 10.1. The zero-order valence-corrected chi connectivity index (χ0v) is 20.7. The summed E-state index contributed by atoms with van der Waals surface area (Å²) in [6.45, 7) is 0. The number of rotatable bonds is 10. The maximum atomic E-state index is 12.8. The second kappa shape index (κ2) is 13.9. The summed E-state index contributed by atoms with van der Waals surface area (Å²) in [6, 6.07) is 7.28. The Labute approximate surface area is 208 Å². The van der Waals surface area contributed by atoms with Crippen LogP contribution in [0.3, 0.4) is 0 Å². The molecule has 0 spiro atoms. The number of benzene rings is 1. The number of halogens is 4. The molecule has 35 heavy (non-hydrogen) atoms. The Morgan fingerprint density at radius 1 is 0.829 bits per heavy atom. The van der Waals surface area contributed by atoms with Crippen LogP contribution in [0.25, 0.3) is 0 Å². The Hall–Kier alpha value is -2.09. The summed E-state index contributed by atoms with van der Waals surface area (Å²) >= 11 is 0. The van der Waals surface area contributed by atoms with Gasteiger partial charge in [0.1, 0.15) is 6.07 Å². The molecule has 0 N–H and O–H groups in total. The van der Waals surface area contributed by atoms with E-state index in [1.807, 2.05) is 6.08 Å². The van der Waals surface area contributed by atoms with Gasteiger partial charge in [0.25, 0.3) is 0 Å². The Bertz CT molecular complexity index is 846. The first kappa shape index (κ1) is 27.5. The van der Waals surface area contributed by atoms with E-state index in [9.17, 15) is 17.6 Å². The van der Waals surface area contributed by atoms with Crippen molar-refractivity contribution in [2.24, 2.45) is 17.8 Å². The van der Waals surface area contributed by atoms with E-state index in [0.29, 0.717) is 5.92 Å². The molecule has 1 aromatic carbocycles. The van der Waals surface area contributed by atoms with Gasteiger partial charge in [-0.05, 0) is 86.0 Å². The van der Waals surface area contributed by atoms with E-state index in [2.05, 4.69) is 0 Å². The largest absolute Gasteiger partial charge is 0.416 e. The molecule has 192 valence electrons. The number of alkyl halides is 3. The molecule has 0 aromatic heterocycles. The van der Waals surface area contributed by atoms with Gasteiger partial charge >= 0.3 is 6.18 Å². The first-order valence-electron chi connectivity index (χ1n) is 13.4. The maximum Gasteiger partial charge on any atom is 0.416 e. The van der Waals surface area contributed by atoms with E-state index < -0.39 is 17.6 Å². The minimum atomic E-state index is -4.26. The van der Waals surface area contributed by atoms with Crippen molar-refractivity contribution in [2.45, 2.75) is 102 Å². The summed E-state index contributed by atoms with van der Waals surface area (Å²) in [5, 5.41) is 8.38. The first-order valence-corrected chi connectivity index (χ1v) is 13.4. The van der Waals surface area contributed by atoms with Gasteiger partial charge in [0, 0.05) is 0 Å². The molecule has 0 atom stereocenters.